The number of aromatic nitrogens is 2. The summed E-state index contributed by atoms with van der Waals surface area (Å²) in [7, 11) is 1.59. The van der Waals surface area contributed by atoms with Crippen LogP contribution in [0.5, 0.6) is 5.75 Å². The minimum atomic E-state index is -0.332. The Morgan fingerprint density at radius 3 is 2.35 bits per heavy atom. The van der Waals surface area contributed by atoms with Crippen LogP contribution < -0.4 is 15.4 Å². The molecule has 0 unspecified atom stereocenters. The number of furan rings is 1. The molecule has 3 heterocycles. The van der Waals surface area contributed by atoms with E-state index < -0.39 is 0 Å². The molecule has 1 aliphatic heterocycles. The number of carbonyl (C=O) groups excluding carboxylic acids is 2. The fraction of sp³-hybridized carbons (Fsp3) is 0.324. The van der Waals surface area contributed by atoms with E-state index in [1.165, 1.54) is 5.56 Å². The molecule has 0 atom stereocenters. The molecule has 238 valence electrons. The molecule has 0 bridgehead atoms. The lowest BCUT2D eigenvalue weighted by molar-refractivity contribution is 0.0660. The van der Waals surface area contributed by atoms with Crippen LogP contribution in [-0.2, 0) is 11.8 Å². The van der Waals surface area contributed by atoms with Gasteiger partial charge in [0.05, 0.1) is 18.5 Å². The van der Waals surface area contributed by atoms with Crippen molar-refractivity contribution in [2.75, 3.05) is 30.8 Å². The number of ether oxygens (including phenoxy) is 1. The topological polar surface area (TPSA) is 102 Å². The van der Waals surface area contributed by atoms with Gasteiger partial charge in [0.15, 0.2) is 17.1 Å². The molecule has 0 radical (unpaired) electrons. The molecule has 9 heteroatoms. The Hall–Kier alpha value is -5.05. The monoisotopic (exact) mass is 619 g/mol. The molecule has 2 N–H and O–H groups in total. The summed E-state index contributed by atoms with van der Waals surface area (Å²) in [5.74, 6) is 1.97. The lowest BCUT2D eigenvalue weighted by atomic mass is 9.90. The second-order valence-electron chi connectivity index (χ2n) is 13.1. The molecule has 0 spiro atoms. The summed E-state index contributed by atoms with van der Waals surface area (Å²) in [6.45, 7) is 9.72. The first kappa shape index (κ1) is 31.0. The summed E-state index contributed by atoms with van der Waals surface area (Å²) in [5.41, 5.74) is 5.26. The standard InChI is InChI=1S/C37H41N5O4/c1-24-9-15-29(16-10-24)42-33(23-32(40-42)37(2,3)4)39-36(44)38-28-13-11-25(12-14-28)21-26-17-19-41(20-18-26)35(43)31-22-27-7-6-8-30(45-5)34(27)46-31/h6-16,22-23,26H,17-21H2,1-5H3,(H2,38,39,44). The van der Waals surface area contributed by atoms with E-state index in [0.717, 1.165) is 41.6 Å². The van der Waals surface area contributed by atoms with Crippen LogP contribution >= 0.6 is 0 Å². The lowest BCUT2D eigenvalue weighted by Gasteiger charge is -2.31. The normalized spacial score (nSPS) is 14.0. The van der Waals surface area contributed by atoms with E-state index in [2.05, 4.69) is 43.5 Å². The molecule has 1 saturated heterocycles. The molecule has 1 fully saturated rings. The zero-order chi connectivity index (χ0) is 32.4. The number of hydrogen-bond donors (Lipinski definition) is 2. The Balaban J connectivity index is 1.03. The highest BCUT2D eigenvalue weighted by Crippen LogP contribution is 2.31. The molecule has 0 aliphatic carbocycles. The molecule has 5 aromatic rings. The van der Waals surface area contributed by atoms with Crippen molar-refractivity contribution in [2.45, 2.75) is 52.4 Å². The maximum atomic E-state index is 13.2. The van der Waals surface area contributed by atoms with E-state index in [9.17, 15) is 9.59 Å². The van der Waals surface area contributed by atoms with Crippen molar-refractivity contribution >= 4 is 34.4 Å². The Morgan fingerprint density at radius 2 is 1.67 bits per heavy atom. The van der Waals surface area contributed by atoms with E-state index in [0.29, 0.717) is 47.6 Å². The summed E-state index contributed by atoms with van der Waals surface area (Å²) in [4.78, 5) is 28.1. The number of para-hydroxylation sites is 1. The van der Waals surface area contributed by atoms with E-state index >= 15 is 0 Å². The Kier molecular flexibility index (Phi) is 8.58. The van der Waals surface area contributed by atoms with Crippen molar-refractivity contribution in [1.82, 2.24) is 14.7 Å². The summed E-state index contributed by atoms with van der Waals surface area (Å²) in [5, 5.41) is 11.6. The van der Waals surface area contributed by atoms with Crippen molar-refractivity contribution in [3.8, 4) is 11.4 Å². The first-order chi connectivity index (χ1) is 22.1. The molecular formula is C37H41N5O4. The third-order valence-corrected chi connectivity index (χ3v) is 8.57. The largest absolute Gasteiger partial charge is 0.493 e. The predicted molar refractivity (Wildman–Crippen MR) is 181 cm³/mol. The highest BCUT2D eigenvalue weighted by molar-refractivity contribution is 5.99. The van der Waals surface area contributed by atoms with Crippen LogP contribution in [0.1, 0.15) is 61.0 Å². The van der Waals surface area contributed by atoms with Crippen LogP contribution in [0.15, 0.2) is 83.3 Å². The minimum absolute atomic E-state index is 0.0815. The third-order valence-electron chi connectivity index (χ3n) is 8.57. The lowest BCUT2D eigenvalue weighted by Crippen LogP contribution is -2.38. The molecular weight excluding hydrogens is 578 g/mol. The quantitative estimate of drug-likeness (QED) is 0.192. The van der Waals surface area contributed by atoms with E-state index in [1.54, 1.807) is 17.9 Å². The van der Waals surface area contributed by atoms with Gasteiger partial charge >= 0.3 is 6.03 Å². The summed E-state index contributed by atoms with van der Waals surface area (Å²) in [6, 6.07) is 25.1. The number of urea groups is 1. The van der Waals surface area contributed by atoms with Crippen molar-refractivity contribution < 1.29 is 18.7 Å². The number of carbonyl (C=O) groups is 2. The predicted octanol–water partition coefficient (Wildman–Crippen LogP) is 7.97. The van der Waals surface area contributed by atoms with E-state index in [1.807, 2.05) is 72.5 Å². The number of nitrogens with zero attached hydrogens (tertiary/aromatic N) is 3. The number of piperidine rings is 1. The number of benzene rings is 3. The molecule has 2 aromatic heterocycles. The van der Waals surface area contributed by atoms with Gasteiger partial charge in [0, 0.05) is 35.6 Å². The van der Waals surface area contributed by atoms with Crippen LogP contribution in [0.4, 0.5) is 16.3 Å². The fourth-order valence-electron chi connectivity index (χ4n) is 5.85. The molecule has 3 aromatic carbocycles. The Morgan fingerprint density at radius 1 is 0.957 bits per heavy atom. The van der Waals surface area contributed by atoms with Crippen molar-refractivity contribution in [2.24, 2.45) is 5.92 Å². The third kappa shape index (κ3) is 6.78. The van der Waals surface area contributed by atoms with E-state index in [4.69, 9.17) is 14.3 Å². The van der Waals surface area contributed by atoms with Crippen LogP contribution in [-0.4, -0.2) is 46.8 Å². The molecule has 1 aliphatic rings. The first-order valence-corrected chi connectivity index (χ1v) is 15.8. The highest BCUT2D eigenvalue weighted by Gasteiger charge is 2.27. The minimum Gasteiger partial charge on any atom is -0.493 e. The summed E-state index contributed by atoms with van der Waals surface area (Å²) >= 11 is 0. The SMILES string of the molecule is COc1cccc2cc(C(=O)N3CCC(Cc4ccc(NC(=O)Nc5cc(C(C)(C)C)nn5-c5ccc(C)cc5)cc4)CC3)oc12. The van der Waals surface area contributed by atoms with Gasteiger partial charge in [0.1, 0.15) is 5.82 Å². The zero-order valence-corrected chi connectivity index (χ0v) is 27.1. The van der Waals surface area contributed by atoms with Crippen molar-refractivity contribution in [3.05, 3.63) is 101 Å². The Labute approximate surface area is 269 Å². The highest BCUT2D eigenvalue weighted by atomic mass is 16.5. The second kappa shape index (κ2) is 12.7. The number of anilines is 2. The summed E-state index contributed by atoms with van der Waals surface area (Å²) in [6.07, 6.45) is 2.76. The average Bonchev–Trinajstić information content (AvgIpc) is 3.67. The van der Waals surface area contributed by atoms with Crippen LogP contribution in [0.25, 0.3) is 16.7 Å². The number of rotatable bonds is 7. The smallest absolute Gasteiger partial charge is 0.324 e. The number of methoxy groups -OCH3 is 1. The van der Waals surface area contributed by atoms with Crippen LogP contribution in [0, 0.1) is 12.8 Å². The molecule has 6 rings (SSSR count). The van der Waals surface area contributed by atoms with Gasteiger partial charge in [-0.25, -0.2) is 9.48 Å². The molecule has 9 nitrogen and oxygen atoms in total. The molecule has 3 amide bonds. The average molecular weight is 620 g/mol. The van der Waals surface area contributed by atoms with Gasteiger partial charge in [-0.05, 0) is 74.1 Å². The Bertz CT molecular complexity index is 1840. The van der Waals surface area contributed by atoms with Gasteiger partial charge in [0.25, 0.3) is 5.91 Å². The number of nitrogens with one attached hydrogen (secondary N) is 2. The zero-order valence-electron chi connectivity index (χ0n) is 27.1. The number of amides is 3. The van der Waals surface area contributed by atoms with Gasteiger partial charge in [-0.3, -0.25) is 10.1 Å². The van der Waals surface area contributed by atoms with Crippen molar-refractivity contribution in [1.29, 1.82) is 0 Å². The molecule has 46 heavy (non-hydrogen) atoms. The van der Waals surface area contributed by atoms with E-state index in [-0.39, 0.29) is 17.4 Å². The molecule has 0 saturated carbocycles. The van der Waals surface area contributed by atoms with Crippen LogP contribution in [0.2, 0.25) is 0 Å². The summed E-state index contributed by atoms with van der Waals surface area (Å²) < 4.78 is 13.0. The van der Waals surface area contributed by atoms with Gasteiger partial charge in [0.2, 0.25) is 0 Å². The second-order valence-corrected chi connectivity index (χ2v) is 13.1. The maximum absolute atomic E-state index is 13.2. The maximum Gasteiger partial charge on any atom is 0.324 e. The number of fused-ring (bicyclic) bond motifs is 1. The van der Waals surface area contributed by atoms with Crippen LogP contribution in [0.3, 0.4) is 0 Å². The van der Waals surface area contributed by atoms with Crippen molar-refractivity contribution in [3.63, 3.8) is 0 Å². The van der Waals surface area contributed by atoms with Gasteiger partial charge < -0.3 is 19.4 Å². The number of aryl methyl sites for hydroxylation is 1. The number of hydrogen-bond acceptors (Lipinski definition) is 5. The first-order valence-electron chi connectivity index (χ1n) is 15.8. The van der Waals surface area contributed by atoms with Gasteiger partial charge in [-0.2, -0.15) is 5.10 Å². The van der Waals surface area contributed by atoms with Gasteiger partial charge in [-0.1, -0.05) is 62.7 Å². The van der Waals surface area contributed by atoms with Gasteiger partial charge in [-0.15, -0.1) is 0 Å². The fourth-order valence-corrected chi connectivity index (χ4v) is 5.85. The number of likely N-dealkylation sites (tertiary alicyclic amines) is 1.